The number of aromatic nitrogens is 3. The van der Waals surface area contributed by atoms with Gasteiger partial charge in [0.05, 0.1) is 23.5 Å². The molecular formula is C41H47N9O5. The van der Waals surface area contributed by atoms with Crippen molar-refractivity contribution in [2.75, 3.05) is 61.0 Å². The average molecular weight is 746 g/mol. The van der Waals surface area contributed by atoms with Crippen LogP contribution in [-0.4, -0.2) is 112 Å². The first-order chi connectivity index (χ1) is 26.6. The fourth-order valence-electron chi connectivity index (χ4n) is 8.63. The van der Waals surface area contributed by atoms with Crippen LogP contribution in [0.2, 0.25) is 0 Å². The van der Waals surface area contributed by atoms with E-state index in [9.17, 15) is 19.5 Å². The molecule has 4 aromatic rings. The number of likely N-dealkylation sites (N-methyl/N-ethyl adjacent to an activating group) is 1. The number of hydrogen-bond acceptors (Lipinski definition) is 12. The fraction of sp³-hybridized carbons (Fsp3) is 0.415. The van der Waals surface area contributed by atoms with Crippen LogP contribution >= 0.6 is 0 Å². The first kappa shape index (κ1) is 36.2. The third-order valence-electron chi connectivity index (χ3n) is 11.6. The number of ether oxygens (including phenoxy) is 1. The Kier molecular flexibility index (Phi) is 9.76. The van der Waals surface area contributed by atoms with Crippen molar-refractivity contribution < 1.29 is 24.2 Å². The molecule has 0 radical (unpaired) electrons. The fourth-order valence-corrected chi connectivity index (χ4v) is 8.63. The summed E-state index contributed by atoms with van der Waals surface area (Å²) in [6.07, 6.45) is 3.77. The third-order valence-corrected chi connectivity index (χ3v) is 11.6. The topological polar surface area (TPSA) is 148 Å². The highest BCUT2D eigenvalue weighted by atomic mass is 16.5. The van der Waals surface area contributed by atoms with Crippen LogP contribution in [0.15, 0.2) is 66.9 Å². The van der Waals surface area contributed by atoms with Gasteiger partial charge >= 0.3 is 0 Å². The molecule has 3 atom stereocenters. The van der Waals surface area contributed by atoms with Gasteiger partial charge in [0.1, 0.15) is 11.9 Å². The van der Waals surface area contributed by atoms with Crippen molar-refractivity contribution in [3.63, 3.8) is 0 Å². The van der Waals surface area contributed by atoms with Gasteiger partial charge in [-0.1, -0.05) is 24.3 Å². The van der Waals surface area contributed by atoms with E-state index in [0.29, 0.717) is 43.1 Å². The summed E-state index contributed by atoms with van der Waals surface area (Å²) >= 11 is 0. The zero-order chi connectivity index (χ0) is 38.3. The number of phenolic OH excluding ortho intramolecular Hbond substituents is 1. The van der Waals surface area contributed by atoms with Gasteiger partial charge in [-0.3, -0.25) is 24.6 Å². The van der Waals surface area contributed by atoms with Crippen molar-refractivity contribution in [2.24, 2.45) is 0 Å². The molecule has 2 saturated heterocycles. The van der Waals surface area contributed by atoms with Gasteiger partial charge in [-0.15, -0.1) is 10.2 Å². The highest BCUT2D eigenvalue weighted by molar-refractivity contribution is 5.99. The number of piperazine rings is 1. The quantitative estimate of drug-likeness (QED) is 0.215. The van der Waals surface area contributed by atoms with Gasteiger partial charge in [0, 0.05) is 101 Å². The number of fused-ring (bicyclic) bond motifs is 4. The predicted octanol–water partition coefficient (Wildman–Crippen LogP) is 3.83. The number of benzene rings is 2. The molecule has 0 spiro atoms. The second kappa shape index (κ2) is 14.8. The number of carbonyl (C=O) groups excluding carboxylic acids is 3. The molecule has 0 aliphatic carbocycles. The highest BCUT2D eigenvalue weighted by Gasteiger charge is 2.48. The summed E-state index contributed by atoms with van der Waals surface area (Å²) in [5.41, 5.74) is 6.01. The minimum atomic E-state index is -0.334. The second-order valence-corrected chi connectivity index (χ2v) is 15.5. The molecule has 0 bridgehead atoms. The standard InChI is InChI=1S/C41H47N9O5/c1-27(8-12-37(53)43-26-51)49-23-29-10-11-30(18-33(29)40(49)54)48-16-14-47(15-17-48)22-28-9-13-38(42-21-28)55-31-20-41(2)25-46(3)39-35(50(41)24-31)19-34(44-45-39)32-6-4-5-7-36(32)52/h4-7,9-11,13,18-19,21,26-27,31,52H,8,12,14-17,20,22-25H2,1-3H3,(H,43,51,53). The largest absolute Gasteiger partial charge is 0.507 e. The van der Waals surface area contributed by atoms with Crippen LogP contribution in [0, 0.1) is 0 Å². The molecule has 4 aliphatic heterocycles. The number of anilines is 3. The summed E-state index contributed by atoms with van der Waals surface area (Å²) in [6, 6.07) is 19.3. The van der Waals surface area contributed by atoms with Crippen LogP contribution in [0.4, 0.5) is 17.2 Å². The van der Waals surface area contributed by atoms with Gasteiger partial charge in [-0.05, 0) is 61.7 Å². The Morgan fingerprint density at radius 3 is 2.65 bits per heavy atom. The first-order valence-corrected chi connectivity index (χ1v) is 19.0. The van der Waals surface area contributed by atoms with E-state index in [-0.39, 0.29) is 41.7 Å². The first-order valence-electron chi connectivity index (χ1n) is 19.0. The maximum absolute atomic E-state index is 13.3. The lowest BCUT2D eigenvalue weighted by atomic mass is 9.94. The number of phenols is 1. The lowest BCUT2D eigenvalue weighted by Gasteiger charge is -2.45. The number of amides is 3. The molecule has 3 unspecified atom stereocenters. The van der Waals surface area contributed by atoms with E-state index in [1.165, 1.54) is 0 Å². The molecule has 2 aromatic heterocycles. The molecule has 0 saturated carbocycles. The van der Waals surface area contributed by atoms with Crippen LogP contribution in [-0.2, 0) is 22.7 Å². The van der Waals surface area contributed by atoms with E-state index in [1.807, 2.05) is 61.5 Å². The van der Waals surface area contributed by atoms with Crippen LogP contribution < -0.4 is 24.8 Å². The normalized spacial score (nSPS) is 21.2. The number of para-hydroxylation sites is 1. The zero-order valence-electron chi connectivity index (χ0n) is 31.5. The van der Waals surface area contributed by atoms with Gasteiger partial charge in [0.2, 0.25) is 18.2 Å². The van der Waals surface area contributed by atoms with Crippen molar-refractivity contribution in [1.82, 2.24) is 30.3 Å². The summed E-state index contributed by atoms with van der Waals surface area (Å²) < 4.78 is 6.49. The summed E-state index contributed by atoms with van der Waals surface area (Å²) in [4.78, 5) is 51.4. The van der Waals surface area contributed by atoms with Crippen molar-refractivity contribution in [2.45, 2.75) is 63.9 Å². The maximum atomic E-state index is 13.3. The van der Waals surface area contributed by atoms with Gasteiger partial charge in [-0.2, -0.15) is 0 Å². The Labute approximate surface area is 320 Å². The molecule has 14 nitrogen and oxygen atoms in total. The molecule has 6 heterocycles. The molecule has 3 amide bonds. The Morgan fingerprint density at radius 2 is 1.89 bits per heavy atom. The smallest absolute Gasteiger partial charge is 0.254 e. The number of hydrogen-bond donors (Lipinski definition) is 2. The SMILES string of the molecule is CC(CCC(=O)NC=O)N1Cc2ccc(N3CCN(Cc4ccc(OC5CN6c7cc(-c8ccccc8O)nnc7N(C)CC6(C)C5)nc4)CC3)cc2C1=O. The Bertz CT molecular complexity index is 2090. The van der Waals surface area contributed by atoms with Gasteiger partial charge in [0.25, 0.3) is 5.91 Å². The molecule has 55 heavy (non-hydrogen) atoms. The summed E-state index contributed by atoms with van der Waals surface area (Å²) in [7, 11) is 2.04. The Morgan fingerprint density at radius 1 is 1.07 bits per heavy atom. The van der Waals surface area contributed by atoms with E-state index in [4.69, 9.17) is 9.72 Å². The van der Waals surface area contributed by atoms with Crippen molar-refractivity contribution in [1.29, 1.82) is 0 Å². The number of nitrogens with one attached hydrogen (secondary N) is 1. The molecular weight excluding hydrogens is 699 g/mol. The molecule has 2 N–H and O–H groups in total. The van der Waals surface area contributed by atoms with Crippen molar-refractivity contribution in [3.8, 4) is 22.9 Å². The Balaban J connectivity index is 0.843. The molecule has 2 aromatic carbocycles. The number of aromatic hydroxyl groups is 1. The zero-order valence-corrected chi connectivity index (χ0v) is 31.5. The minimum absolute atomic E-state index is 0.0104. The van der Waals surface area contributed by atoms with Crippen molar-refractivity contribution >= 4 is 35.4 Å². The van der Waals surface area contributed by atoms with Crippen LogP contribution in [0.25, 0.3) is 11.3 Å². The summed E-state index contributed by atoms with van der Waals surface area (Å²) in [5.74, 6) is 1.26. The van der Waals surface area contributed by atoms with E-state index in [0.717, 1.165) is 79.6 Å². The Hall–Kier alpha value is -5.76. The highest BCUT2D eigenvalue weighted by Crippen LogP contribution is 2.45. The van der Waals surface area contributed by atoms with Gasteiger partial charge in [-0.25, -0.2) is 4.98 Å². The van der Waals surface area contributed by atoms with Crippen LogP contribution in [0.5, 0.6) is 11.6 Å². The lowest BCUT2D eigenvalue weighted by molar-refractivity contribution is -0.125. The monoisotopic (exact) mass is 745 g/mol. The van der Waals surface area contributed by atoms with Crippen molar-refractivity contribution in [3.05, 3.63) is 83.6 Å². The molecule has 8 rings (SSSR count). The molecule has 286 valence electrons. The second-order valence-electron chi connectivity index (χ2n) is 15.5. The summed E-state index contributed by atoms with van der Waals surface area (Å²) in [6.45, 7) is 10.5. The average Bonchev–Trinajstić information content (AvgIpc) is 3.70. The van der Waals surface area contributed by atoms with Gasteiger partial charge in [0.15, 0.2) is 5.82 Å². The maximum Gasteiger partial charge on any atom is 0.254 e. The van der Waals surface area contributed by atoms with E-state index < -0.39 is 0 Å². The van der Waals surface area contributed by atoms with Crippen LogP contribution in [0.3, 0.4) is 0 Å². The number of carbonyl (C=O) groups is 3. The number of pyridine rings is 1. The number of rotatable bonds is 11. The summed E-state index contributed by atoms with van der Waals surface area (Å²) in [5, 5.41) is 21.6. The molecule has 2 fully saturated rings. The minimum Gasteiger partial charge on any atom is -0.507 e. The van der Waals surface area contributed by atoms with E-state index in [1.54, 1.807) is 12.1 Å². The van der Waals surface area contributed by atoms with Crippen LogP contribution in [0.1, 0.15) is 54.6 Å². The number of imide groups is 1. The van der Waals surface area contributed by atoms with E-state index in [2.05, 4.69) is 54.2 Å². The van der Waals surface area contributed by atoms with Gasteiger partial charge < -0.3 is 29.4 Å². The molecule has 14 heteroatoms. The predicted molar refractivity (Wildman–Crippen MR) is 208 cm³/mol. The molecule has 4 aliphatic rings. The third kappa shape index (κ3) is 7.25. The lowest BCUT2D eigenvalue weighted by Crippen LogP contribution is -2.53. The van der Waals surface area contributed by atoms with E-state index >= 15 is 0 Å². The number of nitrogens with zero attached hydrogens (tertiary/aromatic N) is 8.